The van der Waals surface area contributed by atoms with E-state index in [0.717, 1.165) is 32.1 Å². The van der Waals surface area contributed by atoms with Crippen LogP contribution >= 0.6 is 0 Å². The van der Waals surface area contributed by atoms with E-state index in [4.69, 9.17) is 15.9 Å². The highest BCUT2D eigenvalue weighted by molar-refractivity contribution is 6.02. The summed E-state index contributed by atoms with van der Waals surface area (Å²) in [4.78, 5) is 21.9. The van der Waals surface area contributed by atoms with E-state index in [2.05, 4.69) is 19.1 Å². The highest BCUT2D eigenvalue weighted by Gasteiger charge is 2.41. The molecular formula is C20H37NO4. The van der Waals surface area contributed by atoms with Gasteiger partial charge in [0.15, 0.2) is 0 Å². The average molecular weight is 356 g/mol. The van der Waals surface area contributed by atoms with Crippen molar-refractivity contribution < 1.29 is 19.8 Å². The maximum absolute atomic E-state index is 10.9. The summed E-state index contributed by atoms with van der Waals surface area (Å²) < 4.78 is 0. The highest BCUT2D eigenvalue weighted by atomic mass is 16.4. The lowest BCUT2D eigenvalue weighted by molar-refractivity contribution is -0.157. The van der Waals surface area contributed by atoms with Crippen molar-refractivity contribution in [2.75, 3.05) is 0 Å². The summed E-state index contributed by atoms with van der Waals surface area (Å²) in [6.07, 6.45) is 19.3. The van der Waals surface area contributed by atoms with Crippen molar-refractivity contribution in [2.24, 2.45) is 5.73 Å². The Hall–Kier alpha value is -1.36. The van der Waals surface area contributed by atoms with Gasteiger partial charge < -0.3 is 15.9 Å². The van der Waals surface area contributed by atoms with Crippen LogP contribution in [0.25, 0.3) is 0 Å². The fourth-order valence-corrected chi connectivity index (χ4v) is 2.78. The fourth-order valence-electron chi connectivity index (χ4n) is 2.78. The number of hydrogen-bond acceptors (Lipinski definition) is 3. The SMILES string of the molecule is CCCCCCCC/C=C\CCCCCCCC(N)(C(=O)O)C(=O)O. The van der Waals surface area contributed by atoms with Gasteiger partial charge in [0, 0.05) is 0 Å². The van der Waals surface area contributed by atoms with Gasteiger partial charge in [-0.3, -0.25) is 0 Å². The Morgan fingerprint density at radius 2 is 1.16 bits per heavy atom. The number of allylic oxidation sites excluding steroid dienone is 2. The van der Waals surface area contributed by atoms with E-state index < -0.39 is 17.5 Å². The van der Waals surface area contributed by atoms with Crippen molar-refractivity contribution in [3.8, 4) is 0 Å². The second-order valence-electron chi connectivity index (χ2n) is 6.92. The zero-order chi connectivity index (χ0) is 19.0. The maximum Gasteiger partial charge on any atom is 0.335 e. The van der Waals surface area contributed by atoms with Crippen LogP contribution in [0.15, 0.2) is 12.2 Å². The Balaban J connectivity index is 3.48. The molecule has 0 aromatic rings. The van der Waals surface area contributed by atoms with E-state index in [1.54, 1.807) is 0 Å². The lowest BCUT2D eigenvalue weighted by atomic mass is 9.93. The van der Waals surface area contributed by atoms with Gasteiger partial charge >= 0.3 is 11.9 Å². The smallest absolute Gasteiger partial charge is 0.335 e. The van der Waals surface area contributed by atoms with Crippen LogP contribution in [0.4, 0.5) is 0 Å². The molecule has 0 bridgehead atoms. The molecule has 0 amide bonds. The quantitative estimate of drug-likeness (QED) is 0.196. The van der Waals surface area contributed by atoms with E-state index in [-0.39, 0.29) is 6.42 Å². The van der Waals surface area contributed by atoms with Crippen LogP contribution in [0.5, 0.6) is 0 Å². The molecule has 0 aromatic carbocycles. The van der Waals surface area contributed by atoms with Crippen LogP contribution in [0, 0.1) is 0 Å². The minimum absolute atomic E-state index is 0.0180. The molecule has 0 rings (SSSR count). The Bertz CT molecular complexity index is 379. The molecule has 0 radical (unpaired) electrons. The number of rotatable bonds is 17. The number of nitrogens with two attached hydrogens (primary N) is 1. The molecule has 4 N–H and O–H groups in total. The van der Waals surface area contributed by atoms with Crippen LogP contribution < -0.4 is 5.73 Å². The first-order valence-electron chi connectivity index (χ1n) is 9.85. The molecule has 5 heteroatoms. The molecule has 146 valence electrons. The predicted molar refractivity (Wildman–Crippen MR) is 102 cm³/mol. The molecule has 0 aromatic heterocycles. The first kappa shape index (κ1) is 23.6. The predicted octanol–water partition coefficient (Wildman–Crippen LogP) is 4.89. The summed E-state index contributed by atoms with van der Waals surface area (Å²) >= 11 is 0. The number of carboxylic acid groups (broad SMARTS) is 2. The Kier molecular flexibility index (Phi) is 14.1. The molecule has 0 heterocycles. The molecule has 0 fully saturated rings. The first-order chi connectivity index (χ1) is 11.9. The van der Waals surface area contributed by atoms with Gasteiger partial charge in [-0.15, -0.1) is 0 Å². The molecule has 5 nitrogen and oxygen atoms in total. The van der Waals surface area contributed by atoms with Gasteiger partial charge in [-0.05, 0) is 32.1 Å². The zero-order valence-corrected chi connectivity index (χ0v) is 15.8. The topological polar surface area (TPSA) is 101 Å². The first-order valence-corrected chi connectivity index (χ1v) is 9.85. The number of aliphatic carboxylic acids is 2. The van der Waals surface area contributed by atoms with E-state index in [1.807, 2.05) is 0 Å². The van der Waals surface area contributed by atoms with Crippen molar-refractivity contribution in [1.29, 1.82) is 0 Å². The van der Waals surface area contributed by atoms with E-state index >= 15 is 0 Å². The van der Waals surface area contributed by atoms with Crippen LogP contribution in [0.2, 0.25) is 0 Å². The van der Waals surface area contributed by atoms with Crippen LogP contribution in [0.1, 0.15) is 96.8 Å². The van der Waals surface area contributed by atoms with Crippen molar-refractivity contribution in [3.63, 3.8) is 0 Å². The summed E-state index contributed by atoms with van der Waals surface area (Å²) in [6.45, 7) is 2.24. The lowest BCUT2D eigenvalue weighted by Gasteiger charge is -2.19. The van der Waals surface area contributed by atoms with Crippen molar-refractivity contribution in [2.45, 2.75) is 102 Å². The van der Waals surface area contributed by atoms with Crippen molar-refractivity contribution >= 4 is 11.9 Å². The Labute approximate surface area is 152 Å². The summed E-state index contributed by atoms with van der Waals surface area (Å²) in [5, 5.41) is 17.8. The third-order valence-electron chi connectivity index (χ3n) is 4.60. The molecule has 0 saturated heterocycles. The summed E-state index contributed by atoms with van der Waals surface area (Å²) in [5.74, 6) is -2.92. The minimum Gasteiger partial charge on any atom is -0.479 e. The monoisotopic (exact) mass is 355 g/mol. The third kappa shape index (κ3) is 11.8. The van der Waals surface area contributed by atoms with Gasteiger partial charge in [0.2, 0.25) is 5.54 Å². The van der Waals surface area contributed by atoms with Gasteiger partial charge in [-0.2, -0.15) is 0 Å². The van der Waals surface area contributed by atoms with Crippen LogP contribution in [-0.2, 0) is 9.59 Å². The third-order valence-corrected chi connectivity index (χ3v) is 4.60. The van der Waals surface area contributed by atoms with Crippen molar-refractivity contribution in [1.82, 2.24) is 0 Å². The second-order valence-corrected chi connectivity index (χ2v) is 6.92. The molecular weight excluding hydrogens is 318 g/mol. The van der Waals surface area contributed by atoms with Gasteiger partial charge in [-0.1, -0.05) is 76.9 Å². The van der Waals surface area contributed by atoms with Gasteiger partial charge in [0.1, 0.15) is 0 Å². The average Bonchev–Trinajstić information content (AvgIpc) is 2.57. The minimum atomic E-state index is -2.14. The lowest BCUT2D eigenvalue weighted by Crippen LogP contribution is -2.54. The number of hydrogen-bond donors (Lipinski definition) is 3. The normalized spacial score (nSPS) is 11.9. The van der Waals surface area contributed by atoms with Crippen molar-refractivity contribution in [3.05, 3.63) is 12.2 Å². The summed E-state index contributed by atoms with van der Waals surface area (Å²) in [5.41, 5.74) is 3.29. The molecule has 0 aliphatic heterocycles. The summed E-state index contributed by atoms with van der Waals surface area (Å²) in [7, 11) is 0. The number of carbonyl (C=O) groups is 2. The highest BCUT2D eigenvalue weighted by Crippen LogP contribution is 2.15. The number of carboxylic acids is 2. The van der Waals surface area contributed by atoms with E-state index in [0.29, 0.717) is 6.42 Å². The van der Waals surface area contributed by atoms with Crippen LogP contribution in [0.3, 0.4) is 0 Å². The standard InChI is InChI=1S/C20H37NO4/c1-2-3-4-5-6-7-8-9-10-11-12-13-14-15-16-17-20(21,18(22)23)19(24)25/h9-10H,2-8,11-17,21H2,1H3,(H,22,23)(H,24,25)/b10-9-. The van der Waals surface area contributed by atoms with Gasteiger partial charge in [-0.25, -0.2) is 9.59 Å². The molecule has 0 atom stereocenters. The molecule has 0 unspecified atom stereocenters. The molecule has 25 heavy (non-hydrogen) atoms. The largest absolute Gasteiger partial charge is 0.479 e. The van der Waals surface area contributed by atoms with Gasteiger partial charge in [0.05, 0.1) is 0 Å². The Morgan fingerprint density at radius 1 is 0.760 bits per heavy atom. The van der Waals surface area contributed by atoms with E-state index in [1.165, 1.54) is 44.9 Å². The molecule has 0 aliphatic rings. The second kappa shape index (κ2) is 14.9. The summed E-state index contributed by atoms with van der Waals surface area (Å²) in [6, 6.07) is 0. The van der Waals surface area contributed by atoms with Gasteiger partial charge in [0.25, 0.3) is 0 Å². The molecule has 0 spiro atoms. The molecule has 0 aliphatic carbocycles. The number of unbranched alkanes of at least 4 members (excludes halogenated alkanes) is 11. The van der Waals surface area contributed by atoms with Crippen LogP contribution in [-0.4, -0.2) is 27.7 Å². The zero-order valence-electron chi connectivity index (χ0n) is 15.8. The fraction of sp³-hybridized carbons (Fsp3) is 0.800. The van der Waals surface area contributed by atoms with E-state index in [9.17, 15) is 9.59 Å². The Morgan fingerprint density at radius 3 is 1.60 bits per heavy atom. The molecule has 0 saturated carbocycles. The maximum atomic E-state index is 10.9.